The number of para-hydroxylation sites is 1. The summed E-state index contributed by atoms with van der Waals surface area (Å²) in [4.78, 5) is 25.8. The number of aryl methyl sites for hydroxylation is 2. The van der Waals surface area contributed by atoms with Gasteiger partial charge in [-0.2, -0.15) is 0 Å². The van der Waals surface area contributed by atoms with Crippen LogP contribution in [-0.2, 0) is 0 Å². The molecule has 4 rings (SSSR count). The van der Waals surface area contributed by atoms with Crippen molar-refractivity contribution in [3.8, 4) is 0 Å². The Labute approximate surface area is 162 Å². The first-order chi connectivity index (χ1) is 13.5. The molecule has 0 radical (unpaired) electrons. The van der Waals surface area contributed by atoms with Gasteiger partial charge in [0.25, 0.3) is 11.6 Å². The maximum Gasteiger partial charge on any atom is 0.269 e. The Kier molecular flexibility index (Phi) is 4.31. The maximum absolute atomic E-state index is 13.4. The smallest absolute Gasteiger partial charge is 0.269 e. The maximum atomic E-state index is 13.4. The highest BCUT2D eigenvalue weighted by Crippen LogP contribution is 2.37. The molecule has 1 amide bonds. The van der Waals surface area contributed by atoms with Crippen molar-refractivity contribution in [2.75, 3.05) is 10.2 Å². The van der Waals surface area contributed by atoms with Crippen LogP contribution in [0.5, 0.6) is 0 Å². The molecular formula is C22H19N3O3. The summed E-state index contributed by atoms with van der Waals surface area (Å²) in [5, 5.41) is 14.6. The molecule has 0 bridgehead atoms. The largest absolute Gasteiger partial charge is 0.360 e. The summed E-state index contributed by atoms with van der Waals surface area (Å²) < 4.78 is 0. The Hall–Kier alpha value is -3.67. The lowest BCUT2D eigenvalue weighted by Crippen LogP contribution is -2.43. The second-order valence-electron chi connectivity index (χ2n) is 6.89. The fraction of sp³-hybridized carbons (Fsp3) is 0.136. The van der Waals surface area contributed by atoms with Gasteiger partial charge in [-0.05, 0) is 49.2 Å². The first-order valence-corrected chi connectivity index (χ1v) is 8.96. The number of hydrogen-bond acceptors (Lipinski definition) is 4. The number of carbonyl (C=O) groups is 1. The molecule has 1 aliphatic rings. The summed E-state index contributed by atoms with van der Waals surface area (Å²) in [6, 6.07) is 19.5. The molecule has 0 aromatic heterocycles. The van der Waals surface area contributed by atoms with Gasteiger partial charge in [-0.3, -0.25) is 19.8 Å². The highest BCUT2D eigenvalue weighted by Gasteiger charge is 2.34. The molecule has 3 aromatic carbocycles. The van der Waals surface area contributed by atoms with E-state index in [-0.39, 0.29) is 11.6 Å². The van der Waals surface area contributed by atoms with Crippen molar-refractivity contribution in [3.05, 3.63) is 99.1 Å². The molecule has 1 aliphatic heterocycles. The third-order valence-corrected chi connectivity index (χ3v) is 5.09. The Balaban J connectivity index is 1.88. The van der Waals surface area contributed by atoms with Gasteiger partial charge in [0.1, 0.15) is 6.17 Å². The molecule has 28 heavy (non-hydrogen) atoms. The van der Waals surface area contributed by atoms with Crippen LogP contribution in [0.4, 0.5) is 17.1 Å². The number of non-ortho nitro benzene ring substituents is 1. The highest BCUT2D eigenvalue weighted by molar-refractivity contribution is 6.12. The van der Waals surface area contributed by atoms with Crippen LogP contribution in [0.15, 0.2) is 66.7 Å². The van der Waals surface area contributed by atoms with Crippen LogP contribution in [0.25, 0.3) is 0 Å². The van der Waals surface area contributed by atoms with Crippen molar-refractivity contribution in [1.29, 1.82) is 0 Å². The Morgan fingerprint density at radius 2 is 1.75 bits per heavy atom. The van der Waals surface area contributed by atoms with Gasteiger partial charge in [-0.15, -0.1) is 0 Å². The molecule has 0 aliphatic carbocycles. The standard InChI is InChI=1S/C22H19N3O3/c1-14-10-11-17(12-15(14)2)24-21(16-6-5-7-18(13-16)25(27)28)23-20-9-4-3-8-19(20)22(24)26/h3-13,21,23H,1-2H3. The number of benzene rings is 3. The monoisotopic (exact) mass is 373 g/mol. The minimum Gasteiger partial charge on any atom is -0.360 e. The van der Waals surface area contributed by atoms with E-state index in [4.69, 9.17) is 0 Å². The van der Waals surface area contributed by atoms with Crippen LogP contribution in [0.2, 0.25) is 0 Å². The van der Waals surface area contributed by atoms with Gasteiger partial charge in [-0.1, -0.05) is 30.3 Å². The molecule has 3 aromatic rings. The Morgan fingerprint density at radius 3 is 2.50 bits per heavy atom. The average molecular weight is 373 g/mol. The zero-order chi connectivity index (χ0) is 19.8. The van der Waals surface area contributed by atoms with Crippen LogP contribution in [-0.4, -0.2) is 10.8 Å². The van der Waals surface area contributed by atoms with E-state index in [1.165, 1.54) is 12.1 Å². The molecule has 6 heteroatoms. The molecule has 0 saturated carbocycles. The average Bonchev–Trinajstić information content (AvgIpc) is 2.70. The van der Waals surface area contributed by atoms with Gasteiger partial charge in [-0.25, -0.2) is 0 Å². The van der Waals surface area contributed by atoms with Gasteiger partial charge >= 0.3 is 0 Å². The first-order valence-electron chi connectivity index (χ1n) is 8.96. The fourth-order valence-electron chi connectivity index (χ4n) is 3.44. The molecule has 6 nitrogen and oxygen atoms in total. The lowest BCUT2D eigenvalue weighted by Gasteiger charge is -2.38. The van der Waals surface area contributed by atoms with Crippen molar-refractivity contribution in [3.63, 3.8) is 0 Å². The van der Waals surface area contributed by atoms with E-state index < -0.39 is 11.1 Å². The van der Waals surface area contributed by atoms with E-state index in [9.17, 15) is 14.9 Å². The van der Waals surface area contributed by atoms with E-state index >= 15 is 0 Å². The van der Waals surface area contributed by atoms with Crippen molar-refractivity contribution in [2.45, 2.75) is 20.0 Å². The van der Waals surface area contributed by atoms with Crippen LogP contribution in [0, 0.1) is 24.0 Å². The second-order valence-corrected chi connectivity index (χ2v) is 6.89. The zero-order valence-corrected chi connectivity index (χ0v) is 15.5. The molecule has 0 fully saturated rings. The first kappa shape index (κ1) is 17.7. The molecule has 1 unspecified atom stereocenters. The second kappa shape index (κ2) is 6.81. The zero-order valence-electron chi connectivity index (χ0n) is 15.5. The number of nitro groups is 1. The minimum atomic E-state index is -0.551. The van der Waals surface area contributed by atoms with Gasteiger partial charge in [0.2, 0.25) is 0 Å². The van der Waals surface area contributed by atoms with Gasteiger partial charge in [0, 0.05) is 29.1 Å². The highest BCUT2D eigenvalue weighted by atomic mass is 16.6. The lowest BCUT2D eigenvalue weighted by atomic mass is 10.0. The summed E-state index contributed by atoms with van der Waals surface area (Å²) >= 11 is 0. The number of carbonyl (C=O) groups excluding carboxylic acids is 1. The van der Waals surface area contributed by atoms with E-state index in [1.807, 2.05) is 50.2 Å². The molecule has 0 saturated heterocycles. The molecular weight excluding hydrogens is 354 g/mol. The summed E-state index contributed by atoms with van der Waals surface area (Å²) in [6.07, 6.45) is -0.551. The summed E-state index contributed by atoms with van der Waals surface area (Å²) in [5.41, 5.74) is 4.87. The van der Waals surface area contributed by atoms with E-state index in [0.717, 1.165) is 16.8 Å². The number of hydrogen-bond donors (Lipinski definition) is 1. The molecule has 1 N–H and O–H groups in total. The number of anilines is 2. The third-order valence-electron chi connectivity index (χ3n) is 5.09. The number of rotatable bonds is 3. The van der Waals surface area contributed by atoms with Gasteiger partial charge in [0.15, 0.2) is 0 Å². The number of nitrogens with one attached hydrogen (secondary N) is 1. The molecule has 0 spiro atoms. The van der Waals surface area contributed by atoms with E-state index in [1.54, 1.807) is 23.1 Å². The minimum absolute atomic E-state index is 0.00866. The quantitative estimate of drug-likeness (QED) is 0.519. The van der Waals surface area contributed by atoms with E-state index in [0.29, 0.717) is 16.8 Å². The van der Waals surface area contributed by atoms with Gasteiger partial charge in [0.05, 0.1) is 10.5 Å². The Bertz CT molecular complexity index is 1090. The van der Waals surface area contributed by atoms with Crippen molar-refractivity contribution in [2.24, 2.45) is 0 Å². The fourth-order valence-corrected chi connectivity index (χ4v) is 3.44. The topological polar surface area (TPSA) is 75.5 Å². The Morgan fingerprint density at radius 1 is 0.964 bits per heavy atom. The predicted octanol–water partition coefficient (Wildman–Crippen LogP) is 4.98. The third kappa shape index (κ3) is 2.99. The molecule has 1 atom stereocenters. The van der Waals surface area contributed by atoms with E-state index in [2.05, 4.69) is 5.32 Å². The van der Waals surface area contributed by atoms with Crippen LogP contribution < -0.4 is 10.2 Å². The van der Waals surface area contributed by atoms with Crippen molar-refractivity contribution < 1.29 is 9.72 Å². The summed E-state index contributed by atoms with van der Waals surface area (Å²) in [6.45, 7) is 4.01. The van der Waals surface area contributed by atoms with Crippen molar-refractivity contribution in [1.82, 2.24) is 0 Å². The van der Waals surface area contributed by atoms with Crippen LogP contribution >= 0.6 is 0 Å². The normalized spacial score (nSPS) is 15.7. The van der Waals surface area contributed by atoms with Crippen molar-refractivity contribution >= 4 is 23.0 Å². The van der Waals surface area contributed by atoms with Crippen LogP contribution in [0.3, 0.4) is 0 Å². The summed E-state index contributed by atoms with van der Waals surface area (Å²) in [7, 11) is 0. The predicted molar refractivity (Wildman–Crippen MR) is 109 cm³/mol. The van der Waals surface area contributed by atoms with Gasteiger partial charge < -0.3 is 5.32 Å². The number of nitro benzene ring substituents is 1. The number of amides is 1. The number of fused-ring (bicyclic) bond motifs is 1. The molecule has 140 valence electrons. The summed E-state index contributed by atoms with van der Waals surface area (Å²) in [5.74, 6) is -0.144. The number of nitrogens with zero attached hydrogens (tertiary/aromatic N) is 2. The van der Waals surface area contributed by atoms with Crippen LogP contribution in [0.1, 0.15) is 33.2 Å². The molecule has 1 heterocycles. The lowest BCUT2D eigenvalue weighted by molar-refractivity contribution is -0.384. The SMILES string of the molecule is Cc1ccc(N2C(=O)c3ccccc3NC2c2cccc([N+](=O)[O-])c2)cc1C.